The summed E-state index contributed by atoms with van der Waals surface area (Å²) in [6.45, 7) is -0.161. The standard InChI is InChI=1S/C15H16N6O4/c1-24-11-5-9-3-4-21(8-13(22)16-15-17-19-20-18-15)14(23)7-10(9)6-12(11)25-2/h3-6H,7-8H2,1-2H3,(H2,16,17,18,19,20,22). The smallest absolute Gasteiger partial charge is 0.269 e. The zero-order chi connectivity index (χ0) is 17.8. The molecule has 0 aliphatic carbocycles. The maximum atomic E-state index is 12.4. The first-order valence-electron chi connectivity index (χ1n) is 7.36. The minimum absolute atomic E-state index is 0.0500. The molecule has 2 N–H and O–H groups in total. The topological polar surface area (TPSA) is 122 Å². The second-order valence-electron chi connectivity index (χ2n) is 5.20. The molecule has 1 aromatic heterocycles. The van der Waals surface area contributed by atoms with E-state index >= 15 is 0 Å². The normalized spacial score (nSPS) is 13.2. The predicted molar refractivity (Wildman–Crippen MR) is 86.8 cm³/mol. The first kappa shape index (κ1) is 16.4. The van der Waals surface area contributed by atoms with Gasteiger partial charge in [0.25, 0.3) is 5.95 Å². The molecular weight excluding hydrogens is 328 g/mol. The Bertz CT molecular complexity index is 818. The summed E-state index contributed by atoms with van der Waals surface area (Å²) < 4.78 is 10.5. The Kier molecular flexibility index (Phi) is 4.59. The van der Waals surface area contributed by atoms with Gasteiger partial charge in [0.2, 0.25) is 11.8 Å². The number of nitrogens with zero attached hydrogens (tertiary/aromatic N) is 4. The van der Waals surface area contributed by atoms with Gasteiger partial charge >= 0.3 is 0 Å². The van der Waals surface area contributed by atoms with Crippen LogP contribution < -0.4 is 14.8 Å². The molecular formula is C15H16N6O4. The fourth-order valence-corrected chi connectivity index (χ4v) is 2.44. The number of ether oxygens (including phenoxy) is 2. The molecule has 0 bridgehead atoms. The van der Waals surface area contributed by atoms with Gasteiger partial charge in [-0.3, -0.25) is 14.9 Å². The first-order chi connectivity index (χ1) is 12.1. The third-order valence-electron chi connectivity index (χ3n) is 3.65. The van der Waals surface area contributed by atoms with Gasteiger partial charge in [0.05, 0.1) is 20.6 Å². The number of amides is 2. The van der Waals surface area contributed by atoms with E-state index in [9.17, 15) is 9.59 Å². The van der Waals surface area contributed by atoms with Crippen molar-refractivity contribution in [3.8, 4) is 11.5 Å². The minimum Gasteiger partial charge on any atom is -0.493 e. The molecule has 0 unspecified atom stereocenters. The van der Waals surface area contributed by atoms with Crippen LogP contribution in [-0.2, 0) is 16.0 Å². The molecule has 1 aliphatic heterocycles. The van der Waals surface area contributed by atoms with Crippen molar-refractivity contribution < 1.29 is 19.1 Å². The number of hydrogen-bond acceptors (Lipinski definition) is 7. The van der Waals surface area contributed by atoms with E-state index in [4.69, 9.17) is 9.47 Å². The summed E-state index contributed by atoms with van der Waals surface area (Å²) in [5, 5.41) is 15.3. The molecule has 0 fully saturated rings. The number of carbonyl (C=O) groups excluding carboxylic acids is 2. The van der Waals surface area contributed by atoms with Gasteiger partial charge in [0.1, 0.15) is 6.54 Å². The quantitative estimate of drug-likeness (QED) is 0.795. The monoisotopic (exact) mass is 344 g/mol. The van der Waals surface area contributed by atoms with Crippen LogP contribution in [0.3, 0.4) is 0 Å². The highest BCUT2D eigenvalue weighted by atomic mass is 16.5. The molecule has 0 atom stereocenters. The number of nitrogens with one attached hydrogen (secondary N) is 2. The van der Waals surface area contributed by atoms with Gasteiger partial charge in [-0.2, -0.15) is 5.21 Å². The molecule has 0 radical (unpaired) electrons. The van der Waals surface area contributed by atoms with E-state index < -0.39 is 5.91 Å². The van der Waals surface area contributed by atoms with E-state index in [2.05, 4.69) is 25.9 Å². The summed E-state index contributed by atoms with van der Waals surface area (Å²) in [4.78, 5) is 25.8. The van der Waals surface area contributed by atoms with Crippen LogP contribution in [0.15, 0.2) is 18.3 Å². The molecule has 1 aliphatic rings. The number of anilines is 1. The number of rotatable bonds is 5. The number of aromatic amines is 1. The lowest BCUT2D eigenvalue weighted by Gasteiger charge is -2.16. The molecule has 2 amide bonds. The second-order valence-corrected chi connectivity index (χ2v) is 5.20. The van der Waals surface area contributed by atoms with Crippen LogP contribution in [0.1, 0.15) is 11.1 Å². The van der Waals surface area contributed by atoms with Crippen LogP contribution in [0.2, 0.25) is 0 Å². The maximum absolute atomic E-state index is 12.4. The van der Waals surface area contributed by atoms with Crippen molar-refractivity contribution in [2.45, 2.75) is 6.42 Å². The van der Waals surface area contributed by atoms with E-state index in [0.29, 0.717) is 11.5 Å². The number of hydrogen-bond donors (Lipinski definition) is 2. The number of fused-ring (bicyclic) bond motifs is 1. The van der Waals surface area contributed by atoms with Crippen molar-refractivity contribution in [1.82, 2.24) is 25.5 Å². The maximum Gasteiger partial charge on any atom is 0.269 e. The van der Waals surface area contributed by atoms with Crippen molar-refractivity contribution in [2.75, 3.05) is 26.1 Å². The lowest BCUT2D eigenvalue weighted by atomic mass is 10.0. The highest BCUT2D eigenvalue weighted by molar-refractivity contribution is 5.94. The summed E-state index contributed by atoms with van der Waals surface area (Å²) in [5.74, 6) is 0.521. The average Bonchev–Trinajstić information content (AvgIpc) is 3.06. The highest BCUT2D eigenvalue weighted by Crippen LogP contribution is 2.32. The van der Waals surface area contributed by atoms with Gasteiger partial charge in [-0.1, -0.05) is 5.10 Å². The average molecular weight is 344 g/mol. The third kappa shape index (κ3) is 3.57. The molecule has 2 heterocycles. The van der Waals surface area contributed by atoms with E-state index in [1.54, 1.807) is 31.5 Å². The molecule has 130 valence electrons. The number of aromatic nitrogens is 4. The molecule has 3 rings (SSSR count). The lowest BCUT2D eigenvalue weighted by Crippen LogP contribution is -2.34. The first-order valence-corrected chi connectivity index (χ1v) is 7.36. The van der Waals surface area contributed by atoms with Crippen LogP contribution in [0, 0.1) is 0 Å². The Hall–Kier alpha value is -3.43. The third-order valence-corrected chi connectivity index (χ3v) is 3.65. The number of methoxy groups -OCH3 is 2. The Balaban J connectivity index is 1.76. The Labute approximate surface area is 142 Å². The molecule has 10 nitrogen and oxygen atoms in total. The van der Waals surface area contributed by atoms with E-state index in [1.807, 2.05) is 0 Å². The predicted octanol–water partition coefficient (Wildman–Crippen LogP) is 0.211. The number of H-pyrrole nitrogens is 1. The van der Waals surface area contributed by atoms with Crippen molar-refractivity contribution in [3.63, 3.8) is 0 Å². The number of carbonyl (C=O) groups is 2. The van der Waals surface area contributed by atoms with E-state index in [1.165, 1.54) is 12.0 Å². The molecule has 0 saturated heterocycles. The molecule has 0 saturated carbocycles. The summed E-state index contributed by atoms with van der Waals surface area (Å²) in [6.07, 6.45) is 3.46. The lowest BCUT2D eigenvalue weighted by molar-refractivity contribution is -0.131. The number of tetrazole rings is 1. The van der Waals surface area contributed by atoms with Gasteiger partial charge < -0.3 is 14.4 Å². The Morgan fingerprint density at radius 3 is 2.76 bits per heavy atom. The van der Waals surface area contributed by atoms with Crippen LogP contribution >= 0.6 is 0 Å². The Morgan fingerprint density at radius 1 is 1.32 bits per heavy atom. The van der Waals surface area contributed by atoms with Gasteiger partial charge in [-0.15, -0.1) is 5.10 Å². The molecule has 0 spiro atoms. The minimum atomic E-state index is -0.430. The second kappa shape index (κ2) is 6.99. The van der Waals surface area contributed by atoms with Gasteiger partial charge in [0.15, 0.2) is 11.5 Å². The summed E-state index contributed by atoms with van der Waals surface area (Å²) >= 11 is 0. The molecule has 1 aromatic carbocycles. The molecule has 2 aromatic rings. The van der Waals surface area contributed by atoms with Gasteiger partial charge in [-0.05, 0) is 34.5 Å². The van der Waals surface area contributed by atoms with Crippen molar-refractivity contribution in [2.24, 2.45) is 0 Å². The Morgan fingerprint density at radius 2 is 2.08 bits per heavy atom. The summed E-state index contributed by atoms with van der Waals surface area (Å²) in [7, 11) is 3.08. The van der Waals surface area contributed by atoms with Crippen molar-refractivity contribution >= 4 is 23.8 Å². The number of benzene rings is 1. The van der Waals surface area contributed by atoms with Crippen molar-refractivity contribution in [3.05, 3.63) is 29.5 Å². The van der Waals surface area contributed by atoms with E-state index in [0.717, 1.165) is 11.1 Å². The fourth-order valence-electron chi connectivity index (χ4n) is 2.44. The van der Waals surface area contributed by atoms with Crippen molar-refractivity contribution in [1.29, 1.82) is 0 Å². The SMILES string of the molecule is COc1cc2c(cc1OC)CC(=O)N(CC(=O)Nc1nn[nH]n1)C=C2. The van der Waals surface area contributed by atoms with Crippen LogP contribution in [-0.4, -0.2) is 58.1 Å². The molecule has 10 heteroatoms. The van der Waals surface area contributed by atoms with Crippen LogP contribution in [0.4, 0.5) is 5.95 Å². The van der Waals surface area contributed by atoms with Gasteiger partial charge in [0, 0.05) is 6.20 Å². The summed E-state index contributed by atoms with van der Waals surface area (Å²) in [5.41, 5.74) is 1.62. The van der Waals surface area contributed by atoms with Crippen LogP contribution in [0.5, 0.6) is 11.5 Å². The fraction of sp³-hybridized carbons (Fsp3) is 0.267. The van der Waals surface area contributed by atoms with Crippen LogP contribution in [0.25, 0.3) is 6.08 Å². The highest BCUT2D eigenvalue weighted by Gasteiger charge is 2.21. The zero-order valence-corrected chi connectivity index (χ0v) is 13.6. The summed E-state index contributed by atoms with van der Waals surface area (Å²) in [6, 6.07) is 3.56. The van der Waals surface area contributed by atoms with Gasteiger partial charge in [-0.25, -0.2) is 0 Å². The molecule has 25 heavy (non-hydrogen) atoms. The largest absolute Gasteiger partial charge is 0.493 e. The van der Waals surface area contributed by atoms with E-state index in [-0.39, 0.29) is 24.8 Å². The zero-order valence-electron chi connectivity index (χ0n) is 13.6.